The molecule has 0 aliphatic heterocycles. The molecular weight excluding hydrogens is 242 g/mol. The van der Waals surface area contributed by atoms with Gasteiger partial charge in [0.2, 0.25) is 0 Å². The quantitative estimate of drug-likeness (QED) is 0.649. The molecule has 0 spiro atoms. The number of nitrogens with zero attached hydrogens (tertiary/aromatic N) is 3. The zero-order valence-corrected chi connectivity index (χ0v) is 10.8. The minimum Gasteiger partial charge on any atom is -0.477 e. The summed E-state index contributed by atoms with van der Waals surface area (Å²) >= 11 is 0. The van der Waals surface area contributed by atoms with Crippen LogP contribution >= 0.6 is 0 Å². The molecule has 98 valence electrons. The molecule has 5 heteroatoms. The van der Waals surface area contributed by atoms with E-state index < -0.39 is 5.97 Å². The lowest BCUT2D eigenvalue weighted by molar-refractivity contribution is -0.132. The SMILES string of the molecule is C=C(N=CC(=C)c1cnc(C2CC2)nc1C)C(=O)O. The van der Waals surface area contributed by atoms with Crippen molar-refractivity contribution in [2.75, 3.05) is 0 Å². The van der Waals surface area contributed by atoms with E-state index in [1.54, 1.807) is 6.20 Å². The maximum atomic E-state index is 10.6. The van der Waals surface area contributed by atoms with Crippen molar-refractivity contribution >= 4 is 17.8 Å². The second-order valence-electron chi connectivity index (χ2n) is 4.54. The zero-order valence-electron chi connectivity index (χ0n) is 10.8. The number of hydrogen-bond donors (Lipinski definition) is 1. The van der Waals surface area contributed by atoms with Crippen molar-refractivity contribution in [1.82, 2.24) is 9.97 Å². The number of carboxylic acid groups (broad SMARTS) is 1. The predicted molar refractivity (Wildman–Crippen MR) is 73.0 cm³/mol. The van der Waals surface area contributed by atoms with Crippen LogP contribution in [0.5, 0.6) is 0 Å². The minimum atomic E-state index is -1.15. The maximum Gasteiger partial charge on any atom is 0.353 e. The zero-order chi connectivity index (χ0) is 14.0. The Morgan fingerprint density at radius 1 is 1.53 bits per heavy atom. The van der Waals surface area contributed by atoms with Gasteiger partial charge in [-0.3, -0.25) is 0 Å². The Balaban J connectivity index is 2.15. The summed E-state index contributed by atoms with van der Waals surface area (Å²) in [5, 5.41) is 8.66. The minimum absolute atomic E-state index is 0.227. The van der Waals surface area contributed by atoms with E-state index in [0.29, 0.717) is 11.5 Å². The van der Waals surface area contributed by atoms with Crippen molar-refractivity contribution in [3.63, 3.8) is 0 Å². The number of carboxylic acids is 1. The van der Waals surface area contributed by atoms with E-state index in [4.69, 9.17) is 5.11 Å². The highest BCUT2D eigenvalue weighted by atomic mass is 16.4. The smallest absolute Gasteiger partial charge is 0.353 e. The Hall–Kier alpha value is -2.30. The lowest BCUT2D eigenvalue weighted by Crippen LogP contribution is -2.01. The predicted octanol–water partition coefficient (Wildman–Crippen LogP) is 2.34. The number of aliphatic carboxylic acids is 1. The van der Waals surface area contributed by atoms with Gasteiger partial charge in [-0.2, -0.15) is 0 Å². The maximum absolute atomic E-state index is 10.6. The van der Waals surface area contributed by atoms with Gasteiger partial charge in [0.1, 0.15) is 11.5 Å². The van der Waals surface area contributed by atoms with E-state index in [1.807, 2.05) is 6.92 Å². The standard InChI is InChI=1S/C14H15N3O2/c1-8(6-15-10(3)14(18)19)12-7-16-13(11-4-5-11)17-9(12)2/h6-7,11H,1,3-5H2,2H3,(H,18,19). The third kappa shape index (κ3) is 3.13. The topological polar surface area (TPSA) is 75.4 Å². The van der Waals surface area contributed by atoms with E-state index in [0.717, 1.165) is 29.9 Å². The molecule has 0 unspecified atom stereocenters. The Morgan fingerprint density at radius 3 is 2.74 bits per heavy atom. The van der Waals surface area contributed by atoms with E-state index in [9.17, 15) is 4.79 Å². The van der Waals surface area contributed by atoms with Crippen LogP contribution in [-0.2, 0) is 4.79 Å². The van der Waals surface area contributed by atoms with Crippen LogP contribution in [0.4, 0.5) is 0 Å². The fraction of sp³-hybridized carbons (Fsp3) is 0.286. The van der Waals surface area contributed by atoms with Gasteiger partial charge in [-0.1, -0.05) is 13.2 Å². The highest BCUT2D eigenvalue weighted by Gasteiger charge is 2.26. The Labute approximate surface area is 111 Å². The van der Waals surface area contributed by atoms with Gasteiger partial charge in [0, 0.05) is 29.6 Å². The first-order valence-corrected chi connectivity index (χ1v) is 5.98. The molecule has 1 aliphatic carbocycles. The molecule has 5 nitrogen and oxygen atoms in total. The first kappa shape index (κ1) is 13.1. The number of aryl methyl sites for hydroxylation is 1. The summed E-state index contributed by atoms with van der Waals surface area (Å²) in [4.78, 5) is 23.1. The normalized spacial score (nSPS) is 14.6. The molecule has 0 saturated heterocycles. The molecule has 1 fully saturated rings. The Morgan fingerprint density at radius 2 is 2.21 bits per heavy atom. The van der Waals surface area contributed by atoms with Crippen molar-refractivity contribution in [2.24, 2.45) is 4.99 Å². The first-order chi connectivity index (χ1) is 8.99. The van der Waals surface area contributed by atoms with Crippen molar-refractivity contribution in [3.8, 4) is 0 Å². The van der Waals surface area contributed by atoms with Crippen LogP contribution < -0.4 is 0 Å². The number of hydrogen-bond acceptors (Lipinski definition) is 4. The van der Waals surface area contributed by atoms with E-state index in [1.165, 1.54) is 6.21 Å². The summed E-state index contributed by atoms with van der Waals surface area (Å²) in [7, 11) is 0. The largest absolute Gasteiger partial charge is 0.477 e. The molecule has 0 bridgehead atoms. The molecule has 1 aliphatic rings. The Kier molecular flexibility index (Phi) is 3.55. The lowest BCUT2D eigenvalue weighted by atomic mass is 10.1. The van der Waals surface area contributed by atoms with Gasteiger partial charge in [0.05, 0.1) is 0 Å². The second-order valence-corrected chi connectivity index (χ2v) is 4.54. The molecule has 1 aromatic heterocycles. The average Bonchev–Trinajstić information content (AvgIpc) is 3.19. The van der Waals surface area contributed by atoms with E-state index in [-0.39, 0.29) is 5.70 Å². The summed E-state index contributed by atoms with van der Waals surface area (Å²) < 4.78 is 0. The van der Waals surface area contributed by atoms with E-state index in [2.05, 4.69) is 28.1 Å². The summed E-state index contributed by atoms with van der Waals surface area (Å²) in [6, 6.07) is 0. The van der Waals surface area contributed by atoms with Crippen LogP contribution in [-0.4, -0.2) is 27.3 Å². The number of aliphatic imine (C=N–C) groups is 1. The first-order valence-electron chi connectivity index (χ1n) is 5.98. The highest BCUT2D eigenvalue weighted by molar-refractivity contribution is 6.10. The van der Waals surface area contributed by atoms with Crippen molar-refractivity contribution in [1.29, 1.82) is 0 Å². The molecule has 2 rings (SSSR count). The number of carbonyl (C=O) groups is 1. The van der Waals surface area contributed by atoms with Gasteiger partial charge in [-0.15, -0.1) is 0 Å². The monoisotopic (exact) mass is 257 g/mol. The highest BCUT2D eigenvalue weighted by Crippen LogP contribution is 2.38. The van der Waals surface area contributed by atoms with Crippen LogP contribution in [0.15, 0.2) is 30.0 Å². The summed E-state index contributed by atoms with van der Waals surface area (Å²) in [5.74, 6) is 0.225. The second kappa shape index (κ2) is 5.14. The van der Waals surface area contributed by atoms with Gasteiger partial charge >= 0.3 is 5.97 Å². The summed E-state index contributed by atoms with van der Waals surface area (Å²) in [6.07, 6.45) is 5.39. The van der Waals surface area contributed by atoms with Crippen LogP contribution in [0.3, 0.4) is 0 Å². The van der Waals surface area contributed by atoms with Crippen LogP contribution in [0.1, 0.15) is 35.8 Å². The Bertz CT molecular complexity index is 586. The molecule has 1 aromatic rings. The number of aromatic nitrogens is 2. The molecule has 0 atom stereocenters. The molecule has 19 heavy (non-hydrogen) atoms. The van der Waals surface area contributed by atoms with Crippen molar-refractivity contribution in [3.05, 3.63) is 42.1 Å². The average molecular weight is 257 g/mol. The third-order valence-corrected chi connectivity index (χ3v) is 2.91. The number of allylic oxidation sites excluding steroid dienone is 1. The molecule has 0 radical (unpaired) electrons. The fourth-order valence-corrected chi connectivity index (χ4v) is 1.62. The van der Waals surface area contributed by atoms with Gasteiger partial charge in [-0.05, 0) is 25.3 Å². The van der Waals surface area contributed by atoms with Crippen molar-refractivity contribution in [2.45, 2.75) is 25.7 Å². The van der Waals surface area contributed by atoms with Crippen LogP contribution in [0, 0.1) is 6.92 Å². The summed E-state index contributed by atoms with van der Waals surface area (Å²) in [5.41, 5.74) is 1.94. The molecule has 1 heterocycles. The van der Waals surface area contributed by atoms with Crippen LogP contribution in [0.2, 0.25) is 0 Å². The van der Waals surface area contributed by atoms with Crippen LogP contribution in [0.25, 0.3) is 5.57 Å². The van der Waals surface area contributed by atoms with E-state index >= 15 is 0 Å². The molecule has 1 saturated carbocycles. The number of rotatable bonds is 5. The molecule has 0 aromatic carbocycles. The van der Waals surface area contributed by atoms with Gasteiger partial charge in [0.15, 0.2) is 0 Å². The third-order valence-electron chi connectivity index (χ3n) is 2.91. The lowest BCUT2D eigenvalue weighted by Gasteiger charge is -2.05. The molecular formula is C14H15N3O2. The van der Waals surface area contributed by atoms with Gasteiger partial charge < -0.3 is 5.11 Å². The fourth-order valence-electron chi connectivity index (χ4n) is 1.62. The molecule has 0 amide bonds. The molecule has 1 N–H and O–H groups in total. The van der Waals surface area contributed by atoms with Crippen molar-refractivity contribution < 1.29 is 9.90 Å². The van der Waals surface area contributed by atoms with Gasteiger partial charge in [0.25, 0.3) is 0 Å². The van der Waals surface area contributed by atoms with Gasteiger partial charge in [-0.25, -0.2) is 19.8 Å². The summed E-state index contributed by atoms with van der Waals surface area (Å²) in [6.45, 7) is 9.04.